The molecule has 1 aliphatic carbocycles. The summed E-state index contributed by atoms with van der Waals surface area (Å²) in [6.45, 7) is 3.49. The van der Waals surface area contributed by atoms with E-state index in [1.807, 2.05) is 23.6 Å². The molecule has 1 saturated heterocycles. The molecule has 0 radical (unpaired) electrons. The molecule has 3 heterocycles. The lowest BCUT2D eigenvalue weighted by Crippen LogP contribution is -2.51. The minimum Gasteiger partial charge on any atom is -0.373 e. The number of morpholine rings is 1. The van der Waals surface area contributed by atoms with Crippen LogP contribution in [0.25, 0.3) is 0 Å². The molecule has 5 heteroatoms. The van der Waals surface area contributed by atoms with Crippen molar-refractivity contribution >= 4 is 11.3 Å². The molecule has 0 bridgehead atoms. The van der Waals surface area contributed by atoms with E-state index < -0.39 is 0 Å². The quantitative estimate of drug-likeness (QED) is 0.844. The Morgan fingerprint density at radius 2 is 2.30 bits per heavy atom. The number of hydrogen-bond acceptors (Lipinski definition) is 5. The molecular weight excluding hydrogens is 308 g/mol. The van der Waals surface area contributed by atoms with Gasteiger partial charge in [0, 0.05) is 36.4 Å². The summed E-state index contributed by atoms with van der Waals surface area (Å²) in [6, 6.07) is 8.86. The third-order valence-electron chi connectivity index (χ3n) is 4.78. The van der Waals surface area contributed by atoms with Crippen molar-refractivity contribution in [3.63, 3.8) is 0 Å². The van der Waals surface area contributed by atoms with E-state index in [0.29, 0.717) is 12.6 Å². The molecule has 1 saturated carbocycles. The molecule has 0 amide bonds. The van der Waals surface area contributed by atoms with Crippen molar-refractivity contribution < 1.29 is 9.47 Å². The van der Waals surface area contributed by atoms with Crippen molar-refractivity contribution in [2.24, 2.45) is 0 Å². The smallest absolute Gasteiger partial charge is 0.0992 e. The number of aromatic nitrogens is 1. The van der Waals surface area contributed by atoms with Gasteiger partial charge in [0.25, 0.3) is 0 Å². The maximum Gasteiger partial charge on any atom is 0.0992 e. The molecule has 122 valence electrons. The van der Waals surface area contributed by atoms with Crippen LogP contribution < -0.4 is 0 Å². The summed E-state index contributed by atoms with van der Waals surface area (Å²) in [6.07, 6.45) is 6.32. The first kappa shape index (κ1) is 15.3. The van der Waals surface area contributed by atoms with Gasteiger partial charge < -0.3 is 9.47 Å². The fourth-order valence-electron chi connectivity index (χ4n) is 3.66. The molecule has 2 aromatic rings. The summed E-state index contributed by atoms with van der Waals surface area (Å²) in [5.74, 6) is 0. The predicted octanol–water partition coefficient (Wildman–Crippen LogP) is 3.09. The number of rotatable bonds is 5. The van der Waals surface area contributed by atoms with Crippen molar-refractivity contribution in [3.05, 3.63) is 52.5 Å². The summed E-state index contributed by atoms with van der Waals surface area (Å²) >= 11 is 1.84. The highest BCUT2D eigenvalue weighted by Crippen LogP contribution is 2.33. The fourth-order valence-corrected chi connectivity index (χ4v) is 4.39. The van der Waals surface area contributed by atoms with E-state index >= 15 is 0 Å². The highest BCUT2D eigenvalue weighted by molar-refractivity contribution is 7.09. The van der Waals surface area contributed by atoms with Crippen LogP contribution in [0.3, 0.4) is 0 Å². The van der Waals surface area contributed by atoms with E-state index in [9.17, 15) is 0 Å². The zero-order valence-corrected chi connectivity index (χ0v) is 14.0. The number of pyridine rings is 1. The van der Waals surface area contributed by atoms with Crippen molar-refractivity contribution in [3.8, 4) is 0 Å². The van der Waals surface area contributed by atoms with Crippen molar-refractivity contribution in [2.45, 2.75) is 44.2 Å². The van der Waals surface area contributed by atoms with Crippen LogP contribution in [0.15, 0.2) is 42.0 Å². The minimum absolute atomic E-state index is 0.200. The maximum absolute atomic E-state index is 6.15. The standard InChI is InChI=1S/C18H22N2O2S/c1-3-14(11-19-7-1)13-22-17-6-5-16-18(17)21-9-8-20(16)12-15-4-2-10-23-15/h1-4,7,10-11,16-18H,5-6,8-9,12-13H2/t16-,17-,18-/m0/s1. The van der Waals surface area contributed by atoms with Gasteiger partial charge in [-0.25, -0.2) is 0 Å². The van der Waals surface area contributed by atoms with E-state index in [4.69, 9.17) is 9.47 Å². The SMILES string of the molecule is c1cncc(CO[C@H]2CC[C@H]3[C@@H]2OCCN3Cc2cccs2)c1. The number of thiophene rings is 1. The average Bonchev–Trinajstić information content (AvgIpc) is 3.24. The molecule has 3 atom stereocenters. The van der Waals surface area contributed by atoms with Crippen LogP contribution in [0.2, 0.25) is 0 Å². The van der Waals surface area contributed by atoms with E-state index in [0.717, 1.165) is 38.1 Å². The molecule has 1 aliphatic heterocycles. The monoisotopic (exact) mass is 330 g/mol. The zero-order valence-electron chi connectivity index (χ0n) is 13.1. The van der Waals surface area contributed by atoms with Gasteiger partial charge >= 0.3 is 0 Å². The third kappa shape index (κ3) is 3.48. The first-order chi connectivity index (χ1) is 11.4. The first-order valence-electron chi connectivity index (χ1n) is 8.29. The Balaban J connectivity index is 1.37. The Hall–Kier alpha value is -1.27. The lowest BCUT2D eigenvalue weighted by atomic mass is 10.1. The van der Waals surface area contributed by atoms with Crippen LogP contribution in [-0.4, -0.2) is 41.3 Å². The molecule has 0 aromatic carbocycles. The van der Waals surface area contributed by atoms with Gasteiger partial charge in [0.05, 0.1) is 25.4 Å². The number of fused-ring (bicyclic) bond motifs is 1. The van der Waals surface area contributed by atoms with E-state index in [1.54, 1.807) is 6.20 Å². The zero-order chi connectivity index (χ0) is 15.5. The van der Waals surface area contributed by atoms with Crippen molar-refractivity contribution in [1.82, 2.24) is 9.88 Å². The van der Waals surface area contributed by atoms with E-state index in [2.05, 4.69) is 33.5 Å². The Labute approximate surface area is 141 Å². The van der Waals surface area contributed by atoms with Crippen LogP contribution in [0.1, 0.15) is 23.3 Å². The van der Waals surface area contributed by atoms with Gasteiger partial charge in [-0.3, -0.25) is 9.88 Å². The van der Waals surface area contributed by atoms with Crippen LogP contribution >= 0.6 is 11.3 Å². The Kier molecular flexibility index (Phi) is 4.71. The number of nitrogens with zero attached hydrogens (tertiary/aromatic N) is 2. The molecule has 0 unspecified atom stereocenters. The Morgan fingerprint density at radius 3 is 3.13 bits per heavy atom. The van der Waals surface area contributed by atoms with Crippen molar-refractivity contribution in [1.29, 1.82) is 0 Å². The van der Waals surface area contributed by atoms with Gasteiger partial charge in [0.1, 0.15) is 0 Å². The summed E-state index contributed by atoms with van der Waals surface area (Å²) in [5.41, 5.74) is 1.13. The molecule has 2 aromatic heterocycles. The van der Waals surface area contributed by atoms with Crippen LogP contribution in [0.5, 0.6) is 0 Å². The van der Waals surface area contributed by atoms with Crippen LogP contribution in [0.4, 0.5) is 0 Å². The highest BCUT2D eigenvalue weighted by Gasteiger charge is 2.43. The predicted molar refractivity (Wildman–Crippen MR) is 90.3 cm³/mol. The van der Waals surface area contributed by atoms with Crippen LogP contribution in [-0.2, 0) is 22.6 Å². The molecule has 2 fully saturated rings. The second kappa shape index (κ2) is 7.09. The molecule has 0 spiro atoms. The van der Waals surface area contributed by atoms with Gasteiger partial charge in [-0.15, -0.1) is 11.3 Å². The molecule has 4 rings (SSSR count). The largest absolute Gasteiger partial charge is 0.373 e. The maximum atomic E-state index is 6.15. The summed E-state index contributed by atoms with van der Waals surface area (Å²) in [4.78, 5) is 8.16. The number of ether oxygens (including phenoxy) is 2. The summed E-state index contributed by atoms with van der Waals surface area (Å²) in [7, 11) is 0. The van der Waals surface area contributed by atoms with Gasteiger partial charge in [-0.1, -0.05) is 12.1 Å². The van der Waals surface area contributed by atoms with Crippen molar-refractivity contribution in [2.75, 3.05) is 13.2 Å². The van der Waals surface area contributed by atoms with E-state index in [1.165, 1.54) is 4.88 Å². The normalized spacial score (nSPS) is 27.9. The fraction of sp³-hybridized carbons (Fsp3) is 0.500. The van der Waals surface area contributed by atoms with E-state index in [-0.39, 0.29) is 12.2 Å². The second-order valence-corrected chi connectivity index (χ2v) is 7.27. The summed E-state index contributed by atoms with van der Waals surface area (Å²) < 4.78 is 12.2. The second-order valence-electron chi connectivity index (χ2n) is 6.24. The Morgan fingerprint density at radius 1 is 1.30 bits per heavy atom. The summed E-state index contributed by atoms with van der Waals surface area (Å²) in [5, 5.41) is 2.15. The number of hydrogen-bond donors (Lipinski definition) is 0. The first-order valence-corrected chi connectivity index (χ1v) is 9.16. The highest BCUT2D eigenvalue weighted by atomic mass is 32.1. The van der Waals surface area contributed by atoms with Gasteiger partial charge in [-0.05, 0) is 35.9 Å². The molecule has 4 nitrogen and oxygen atoms in total. The molecule has 23 heavy (non-hydrogen) atoms. The Bertz CT molecular complexity index is 605. The molecular formula is C18H22N2O2S. The van der Waals surface area contributed by atoms with Crippen LogP contribution in [0, 0.1) is 0 Å². The molecule has 0 N–H and O–H groups in total. The molecule has 2 aliphatic rings. The van der Waals surface area contributed by atoms with Gasteiger partial charge in [0.2, 0.25) is 0 Å². The lowest BCUT2D eigenvalue weighted by molar-refractivity contribution is -0.118. The lowest BCUT2D eigenvalue weighted by Gasteiger charge is -2.38. The van der Waals surface area contributed by atoms with Gasteiger partial charge in [0.15, 0.2) is 0 Å². The third-order valence-corrected chi connectivity index (χ3v) is 5.64. The minimum atomic E-state index is 0.200. The average molecular weight is 330 g/mol. The topological polar surface area (TPSA) is 34.6 Å². The van der Waals surface area contributed by atoms with Gasteiger partial charge in [-0.2, -0.15) is 0 Å².